The van der Waals surface area contributed by atoms with Crippen LogP contribution in [0.2, 0.25) is 5.02 Å². The van der Waals surface area contributed by atoms with Crippen molar-refractivity contribution in [2.75, 3.05) is 0 Å². The van der Waals surface area contributed by atoms with Crippen LogP contribution in [-0.4, -0.2) is 10.1 Å². The van der Waals surface area contributed by atoms with Gasteiger partial charge in [-0.3, -0.25) is 4.98 Å². The average molecular weight is 258 g/mol. The van der Waals surface area contributed by atoms with Gasteiger partial charge in [0.1, 0.15) is 5.82 Å². The van der Waals surface area contributed by atoms with E-state index in [2.05, 4.69) is 4.98 Å². The van der Waals surface area contributed by atoms with E-state index in [4.69, 9.17) is 11.6 Å². The summed E-state index contributed by atoms with van der Waals surface area (Å²) in [6.07, 6.45) is 1.35. The monoisotopic (exact) mass is 257 g/mol. The summed E-state index contributed by atoms with van der Waals surface area (Å²) in [5.41, 5.74) is 2.18. The van der Waals surface area contributed by atoms with Crippen LogP contribution in [0.25, 0.3) is 0 Å². The maximum Gasteiger partial charge on any atom is 0.125 e. The molecule has 16 heavy (non-hydrogen) atoms. The smallest absolute Gasteiger partial charge is 0.125 e. The SMILES string of the molecule is OC(Cc1cncs1)c1cc(F)cc(Cl)c1. The predicted octanol–water partition coefficient (Wildman–Crippen LogP) is 3.21. The number of hydrogen-bond donors (Lipinski definition) is 1. The molecule has 2 nitrogen and oxygen atoms in total. The molecular formula is C11H9ClFNOS. The van der Waals surface area contributed by atoms with Crippen LogP contribution in [0.1, 0.15) is 16.5 Å². The quantitative estimate of drug-likeness (QED) is 0.916. The zero-order chi connectivity index (χ0) is 11.5. The van der Waals surface area contributed by atoms with Gasteiger partial charge in [0.15, 0.2) is 0 Å². The van der Waals surface area contributed by atoms with E-state index in [1.165, 1.54) is 23.5 Å². The van der Waals surface area contributed by atoms with Crippen molar-refractivity contribution in [3.8, 4) is 0 Å². The van der Waals surface area contributed by atoms with Crippen LogP contribution in [-0.2, 0) is 6.42 Å². The molecule has 0 bridgehead atoms. The van der Waals surface area contributed by atoms with E-state index < -0.39 is 11.9 Å². The fourth-order valence-electron chi connectivity index (χ4n) is 1.42. The van der Waals surface area contributed by atoms with Crippen molar-refractivity contribution in [2.24, 2.45) is 0 Å². The van der Waals surface area contributed by atoms with Crippen LogP contribution in [0.15, 0.2) is 29.9 Å². The third kappa shape index (κ3) is 2.78. The lowest BCUT2D eigenvalue weighted by atomic mass is 10.1. The number of hydrogen-bond acceptors (Lipinski definition) is 3. The molecule has 1 heterocycles. The summed E-state index contributed by atoms with van der Waals surface area (Å²) in [4.78, 5) is 4.86. The third-order valence-electron chi connectivity index (χ3n) is 2.15. The van der Waals surface area contributed by atoms with E-state index in [0.29, 0.717) is 17.0 Å². The fourth-order valence-corrected chi connectivity index (χ4v) is 2.28. The molecule has 0 fully saturated rings. The minimum Gasteiger partial charge on any atom is -0.388 e. The first-order valence-corrected chi connectivity index (χ1v) is 5.92. The molecule has 0 aliphatic carbocycles. The van der Waals surface area contributed by atoms with Gasteiger partial charge >= 0.3 is 0 Å². The van der Waals surface area contributed by atoms with Gasteiger partial charge in [-0.1, -0.05) is 11.6 Å². The summed E-state index contributed by atoms with van der Waals surface area (Å²) in [5.74, 6) is -0.439. The van der Waals surface area contributed by atoms with Crippen LogP contribution < -0.4 is 0 Å². The molecule has 2 rings (SSSR count). The minimum absolute atomic E-state index is 0.290. The van der Waals surface area contributed by atoms with Crippen molar-refractivity contribution < 1.29 is 9.50 Å². The molecule has 1 aromatic heterocycles. The number of aliphatic hydroxyl groups excluding tert-OH is 1. The number of aromatic nitrogens is 1. The normalized spacial score (nSPS) is 12.7. The van der Waals surface area contributed by atoms with Gasteiger partial charge in [0.05, 0.1) is 11.6 Å². The summed E-state index contributed by atoms with van der Waals surface area (Å²) < 4.78 is 13.1. The van der Waals surface area contributed by atoms with Gasteiger partial charge in [-0.25, -0.2) is 4.39 Å². The molecule has 0 radical (unpaired) electrons. The zero-order valence-corrected chi connectivity index (χ0v) is 9.80. The van der Waals surface area contributed by atoms with Crippen molar-refractivity contribution in [1.82, 2.24) is 4.98 Å². The first kappa shape index (κ1) is 11.5. The van der Waals surface area contributed by atoms with Gasteiger partial charge in [-0.2, -0.15) is 0 Å². The Morgan fingerprint density at radius 3 is 2.88 bits per heavy atom. The first-order valence-electron chi connectivity index (χ1n) is 4.66. The Labute approximate surface area is 101 Å². The number of nitrogens with zero attached hydrogens (tertiary/aromatic N) is 1. The summed E-state index contributed by atoms with van der Waals surface area (Å²) >= 11 is 7.17. The molecule has 0 aliphatic heterocycles. The van der Waals surface area contributed by atoms with Crippen LogP contribution in [0.5, 0.6) is 0 Å². The van der Waals surface area contributed by atoms with E-state index in [-0.39, 0.29) is 0 Å². The highest BCUT2D eigenvalue weighted by Crippen LogP contribution is 2.23. The second-order valence-corrected chi connectivity index (χ2v) is 4.80. The Morgan fingerprint density at radius 2 is 2.25 bits per heavy atom. The molecule has 1 atom stereocenters. The van der Waals surface area contributed by atoms with Crippen molar-refractivity contribution in [3.05, 3.63) is 51.2 Å². The average Bonchev–Trinajstić information content (AvgIpc) is 2.68. The molecule has 5 heteroatoms. The lowest BCUT2D eigenvalue weighted by molar-refractivity contribution is 0.179. The van der Waals surface area contributed by atoms with Gasteiger partial charge in [-0.05, 0) is 23.8 Å². The standard InChI is InChI=1S/C11H9ClFNOS/c12-8-1-7(2-9(13)3-8)11(15)4-10-5-14-6-16-10/h1-3,5-6,11,15H,4H2. The Kier molecular flexibility index (Phi) is 3.53. The van der Waals surface area contributed by atoms with Gasteiger partial charge in [0.2, 0.25) is 0 Å². The number of halogens is 2. The summed E-state index contributed by atoms with van der Waals surface area (Å²) in [6, 6.07) is 4.07. The van der Waals surface area contributed by atoms with E-state index >= 15 is 0 Å². The van der Waals surface area contributed by atoms with Crippen LogP contribution in [0.3, 0.4) is 0 Å². The third-order valence-corrected chi connectivity index (χ3v) is 3.17. The Bertz CT molecular complexity index is 455. The fraction of sp³-hybridized carbons (Fsp3) is 0.182. The number of rotatable bonds is 3. The molecule has 1 unspecified atom stereocenters. The molecule has 2 aromatic rings. The molecule has 0 spiro atoms. The summed E-state index contributed by atoms with van der Waals surface area (Å²) in [7, 11) is 0. The molecule has 84 valence electrons. The summed E-state index contributed by atoms with van der Waals surface area (Å²) in [6.45, 7) is 0. The van der Waals surface area contributed by atoms with Gasteiger partial charge in [0, 0.05) is 22.5 Å². The first-order chi connectivity index (χ1) is 7.65. The molecule has 0 amide bonds. The molecule has 1 N–H and O–H groups in total. The molecule has 0 saturated heterocycles. The van der Waals surface area contributed by atoms with E-state index in [9.17, 15) is 9.50 Å². The Hall–Kier alpha value is -0.970. The Morgan fingerprint density at radius 1 is 1.44 bits per heavy atom. The molecule has 0 aliphatic rings. The van der Waals surface area contributed by atoms with E-state index in [0.717, 1.165) is 4.88 Å². The molecular weight excluding hydrogens is 249 g/mol. The van der Waals surface area contributed by atoms with Crippen molar-refractivity contribution in [2.45, 2.75) is 12.5 Å². The van der Waals surface area contributed by atoms with Crippen LogP contribution >= 0.6 is 22.9 Å². The second kappa shape index (κ2) is 4.91. The van der Waals surface area contributed by atoms with Crippen LogP contribution in [0.4, 0.5) is 4.39 Å². The van der Waals surface area contributed by atoms with Crippen molar-refractivity contribution in [1.29, 1.82) is 0 Å². The Balaban J connectivity index is 2.17. The van der Waals surface area contributed by atoms with Gasteiger partial charge < -0.3 is 5.11 Å². The maximum absolute atomic E-state index is 13.1. The minimum atomic E-state index is -0.756. The maximum atomic E-state index is 13.1. The van der Waals surface area contributed by atoms with E-state index in [1.807, 2.05) is 0 Å². The lowest BCUT2D eigenvalue weighted by Crippen LogP contribution is -2.01. The highest BCUT2D eigenvalue weighted by molar-refractivity contribution is 7.09. The second-order valence-electron chi connectivity index (χ2n) is 3.39. The zero-order valence-electron chi connectivity index (χ0n) is 8.23. The number of thiazole rings is 1. The lowest BCUT2D eigenvalue weighted by Gasteiger charge is -2.10. The highest BCUT2D eigenvalue weighted by atomic mass is 35.5. The van der Waals surface area contributed by atoms with Gasteiger partial charge in [-0.15, -0.1) is 11.3 Å². The highest BCUT2D eigenvalue weighted by Gasteiger charge is 2.11. The van der Waals surface area contributed by atoms with Crippen molar-refractivity contribution in [3.63, 3.8) is 0 Å². The topological polar surface area (TPSA) is 33.1 Å². The van der Waals surface area contributed by atoms with Crippen LogP contribution in [0, 0.1) is 5.82 Å². The predicted molar refractivity (Wildman–Crippen MR) is 62.2 cm³/mol. The number of benzene rings is 1. The largest absolute Gasteiger partial charge is 0.388 e. The van der Waals surface area contributed by atoms with Crippen molar-refractivity contribution >= 4 is 22.9 Å². The molecule has 0 saturated carbocycles. The van der Waals surface area contributed by atoms with E-state index in [1.54, 1.807) is 17.8 Å². The van der Waals surface area contributed by atoms with Gasteiger partial charge in [0.25, 0.3) is 0 Å². The summed E-state index contributed by atoms with van der Waals surface area (Å²) in [5, 5.41) is 10.2. The molecule has 1 aromatic carbocycles. The number of aliphatic hydroxyl groups is 1.